The van der Waals surface area contributed by atoms with E-state index in [1.807, 2.05) is 24.3 Å². The van der Waals surface area contributed by atoms with E-state index in [1.54, 1.807) is 68.8 Å². The zero-order valence-corrected chi connectivity index (χ0v) is 31.3. The highest BCUT2D eigenvalue weighted by Gasteiger charge is 2.28. The lowest BCUT2D eigenvalue weighted by molar-refractivity contribution is -0.145. The second-order valence-corrected chi connectivity index (χ2v) is 13.8. The van der Waals surface area contributed by atoms with Gasteiger partial charge in [-0.15, -0.1) is 11.3 Å². The van der Waals surface area contributed by atoms with Gasteiger partial charge in [0.15, 0.2) is 12.1 Å². The predicted octanol–water partition coefficient (Wildman–Crippen LogP) is 8.87. The number of para-hydroxylation sites is 1. The van der Waals surface area contributed by atoms with E-state index in [1.165, 1.54) is 29.8 Å². The summed E-state index contributed by atoms with van der Waals surface area (Å²) in [6, 6.07) is 23.0. The number of fused-ring (bicyclic) bond motifs is 1. The predicted molar refractivity (Wildman–Crippen MR) is 209 cm³/mol. The van der Waals surface area contributed by atoms with Crippen molar-refractivity contribution in [2.24, 2.45) is 0 Å². The molecular formula is C42H30ClFN4O7S. The van der Waals surface area contributed by atoms with E-state index in [0.717, 1.165) is 0 Å². The van der Waals surface area contributed by atoms with Crippen LogP contribution < -0.4 is 14.2 Å². The summed E-state index contributed by atoms with van der Waals surface area (Å²) in [5.74, 6) is -0.406. The Hall–Kier alpha value is -6.57. The van der Waals surface area contributed by atoms with Crippen LogP contribution >= 0.6 is 22.9 Å². The lowest BCUT2D eigenvalue weighted by Gasteiger charge is -2.18. The first-order valence-electron chi connectivity index (χ1n) is 17.0. The van der Waals surface area contributed by atoms with Crippen LogP contribution in [0.4, 0.5) is 4.39 Å². The average molecular weight is 789 g/mol. The number of carboxylic acid groups (broad SMARTS) is 1. The van der Waals surface area contributed by atoms with Crippen molar-refractivity contribution in [2.45, 2.75) is 26.1 Å². The number of hydrogen-bond donors (Lipinski definition) is 1. The standard InChI is InChI=1S/C42H30ClFN4O7S/c1-23-30(13-10-26(20-50)37(23)43)35-36-40(46-22-47-41(36)56-38(35)25-8-11-28(44)12-9-25)55-34(42(51)52)18-27-17-24(19-49)7-14-32(27)54-21-29-15-16-45-39(48-29)31-5-3-4-6-33(31)53-2/h3-17,19-20,22,34H,18,21H2,1-2H3,(H,51,52). The number of carbonyl (C=O) groups is 3. The molecule has 11 nitrogen and oxygen atoms in total. The zero-order chi connectivity index (χ0) is 39.3. The van der Waals surface area contributed by atoms with Gasteiger partial charge in [0.25, 0.3) is 0 Å². The van der Waals surface area contributed by atoms with Gasteiger partial charge in [0.05, 0.1) is 28.8 Å². The van der Waals surface area contributed by atoms with Crippen LogP contribution in [0.5, 0.6) is 17.4 Å². The molecule has 0 bridgehead atoms. The van der Waals surface area contributed by atoms with Gasteiger partial charge in [0, 0.05) is 34.2 Å². The Balaban J connectivity index is 1.25. The van der Waals surface area contributed by atoms with E-state index in [2.05, 4.69) is 19.9 Å². The second-order valence-electron chi connectivity index (χ2n) is 12.4. The van der Waals surface area contributed by atoms with Crippen LogP contribution in [0.25, 0.3) is 43.2 Å². The first-order valence-corrected chi connectivity index (χ1v) is 18.2. The van der Waals surface area contributed by atoms with Crippen molar-refractivity contribution in [1.82, 2.24) is 19.9 Å². The van der Waals surface area contributed by atoms with E-state index in [0.29, 0.717) is 95.2 Å². The molecule has 0 amide bonds. The Labute approximate surface area is 328 Å². The first-order chi connectivity index (χ1) is 27.2. The van der Waals surface area contributed by atoms with E-state index in [-0.39, 0.29) is 23.9 Å². The maximum atomic E-state index is 14.0. The number of thiophene rings is 1. The highest BCUT2D eigenvalue weighted by Crippen LogP contribution is 2.49. The van der Waals surface area contributed by atoms with Crippen molar-refractivity contribution in [1.29, 1.82) is 0 Å². The molecule has 7 rings (SSSR count). The lowest BCUT2D eigenvalue weighted by atomic mass is 9.95. The first kappa shape index (κ1) is 37.7. The molecule has 3 aromatic heterocycles. The number of hydrogen-bond acceptors (Lipinski definition) is 11. The van der Waals surface area contributed by atoms with Gasteiger partial charge < -0.3 is 19.3 Å². The van der Waals surface area contributed by atoms with Crippen LogP contribution in [-0.2, 0) is 17.8 Å². The molecule has 0 aliphatic carbocycles. The second kappa shape index (κ2) is 16.4. The van der Waals surface area contributed by atoms with Crippen LogP contribution in [0.2, 0.25) is 5.02 Å². The van der Waals surface area contributed by atoms with Crippen LogP contribution in [-0.4, -0.2) is 56.8 Å². The van der Waals surface area contributed by atoms with Gasteiger partial charge in [0.1, 0.15) is 41.4 Å². The number of methoxy groups -OCH3 is 1. The minimum absolute atomic E-state index is 0.00152. The Bertz CT molecular complexity index is 2620. The number of carboxylic acids is 1. The third-order valence-corrected chi connectivity index (χ3v) is 10.6. The van der Waals surface area contributed by atoms with Crippen molar-refractivity contribution in [3.8, 4) is 50.3 Å². The molecule has 0 aliphatic rings. The van der Waals surface area contributed by atoms with E-state index in [4.69, 9.17) is 25.8 Å². The number of benzene rings is 4. The molecule has 0 saturated carbocycles. The summed E-state index contributed by atoms with van der Waals surface area (Å²) in [5.41, 5.74) is 4.64. The number of aromatic nitrogens is 4. The van der Waals surface area contributed by atoms with Gasteiger partial charge >= 0.3 is 5.97 Å². The molecule has 0 fully saturated rings. The molecule has 280 valence electrons. The Kier molecular flexibility index (Phi) is 11.1. The van der Waals surface area contributed by atoms with Gasteiger partial charge in [-0.3, -0.25) is 9.59 Å². The molecule has 7 aromatic rings. The molecule has 1 unspecified atom stereocenters. The van der Waals surface area contributed by atoms with Gasteiger partial charge in [-0.2, -0.15) is 0 Å². The van der Waals surface area contributed by atoms with Crippen molar-refractivity contribution in [2.75, 3.05) is 7.11 Å². The van der Waals surface area contributed by atoms with E-state index < -0.39 is 17.9 Å². The largest absolute Gasteiger partial charge is 0.496 e. The number of carbonyl (C=O) groups excluding carboxylic acids is 2. The molecule has 1 atom stereocenters. The van der Waals surface area contributed by atoms with Gasteiger partial charge in [-0.25, -0.2) is 29.1 Å². The number of aliphatic carboxylic acids is 1. The molecule has 56 heavy (non-hydrogen) atoms. The third kappa shape index (κ3) is 7.67. The highest BCUT2D eigenvalue weighted by atomic mass is 35.5. The van der Waals surface area contributed by atoms with E-state index in [9.17, 15) is 23.9 Å². The zero-order valence-electron chi connectivity index (χ0n) is 29.7. The Morgan fingerprint density at radius 3 is 2.50 bits per heavy atom. The fourth-order valence-electron chi connectivity index (χ4n) is 6.20. The Morgan fingerprint density at radius 2 is 1.75 bits per heavy atom. The van der Waals surface area contributed by atoms with Crippen molar-refractivity contribution >= 4 is 51.7 Å². The van der Waals surface area contributed by atoms with Crippen molar-refractivity contribution in [3.05, 3.63) is 136 Å². The van der Waals surface area contributed by atoms with Crippen LogP contribution in [0.15, 0.2) is 97.5 Å². The summed E-state index contributed by atoms with van der Waals surface area (Å²) < 4.78 is 31.9. The number of nitrogens with zero attached hydrogens (tertiary/aromatic N) is 4. The van der Waals surface area contributed by atoms with Crippen LogP contribution in [0, 0.1) is 12.7 Å². The Morgan fingerprint density at radius 1 is 0.946 bits per heavy atom. The smallest absolute Gasteiger partial charge is 0.345 e. The average Bonchev–Trinajstić information content (AvgIpc) is 3.61. The topological polar surface area (TPSA) is 151 Å². The monoisotopic (exact) mass is 788 g/mol. The quantitative estimate of drug-likeness (QED) is 0.105. The summed E-state index contributed by atoms with van der Waals surface area (Å²) in [5, 5.41) is 11.2. The molecule has 0 saturated heterocycles. The minimum Gasteiger partial charge on any atom is -0.496 e. The van der Waals surface area contributed by atoms with Crippen LogP contribution in [0.3, 0.4) is 0 Å². The molecule has 0 spiro atoms. The van der Waals surface area contributed by atoms with Gasteiger partial charge in [-0.1, -0.05) is 41.9 Å². The molecule has 0 aliphatic heterocycles. The van der Waals surface area contributed by atoms with Gasteiger partial charge in [0.2, 0.25) is 12.0 Å². The summed E-state index contributed by atoms with van der Waals surface area (Å²) >= 11 is 7.91. The molecule has 3 heterocycles. The molecular weight excluding hydrogens is 759 g/mol. The van der Waals surface area contributed by atoms with Crippen molar-refractivity contribution in [3.63, 3.8) is 0 Å². The summed E-state index contributed by atoms with van der Waals surface area (Å²) in [6.45, 7) is 1.76. The van der Waals surface area contributed by atoms with Gasteiger partial charge in [-0.05, 0) is 83.8 Å². The molecule has 4 aromatic carbocycles. The molecule has 14 heteroatoms. The maximum absolute atomic E-state index is 14.0. The van der Waals surface area contributed by atoms with Crippen molar-refractivity contribution < 1.29 is 38.1 Å². The van der Waals surface area contributed by atoms with E-state index >= 15 is 0 Å². The number of rotatable bonds is 14. The highest BCUT2D eigenvalue weighted by molar-refractivity contribution is 7.22. The summed E-state index contributed by atoms with van der Waals surface area (Å²) in [4.78, 5) is 55.5. The van der Waals surface area contributed by atoms with Crippen LogP contribution in [0.1, 0.15) is 37.5 Å². The lowest BCUT2D eigenvalue weighted by Crippen LogP contribution is -2.30. The number of aldehydes is 2. The number of ether oxygens (including phenoxy) is 3. The fourth-order valence-corrected chi connectivity index (χ4v) is 7.56. The SMILES string of the molecule is COc1ccccc1-c1nccc(COc2ccc(C=O)cc2CC(Oc2ncnc3sc(-c4ccc(F)cc4)c(-c4ccc(C=O)c(Cl)c4C)c23)C(=O)O)n1. The number of halogens is 2. The maximum Gasteiger partial charge on any atom is 0.345 e. The minimum atomic E-state index is -1.52. The third-order valence-electron chi connectivity index (χ3n) is 8.96. The molecule has 1 N–H and O–H groups in total. The summed E-state index contributed by atoms with van der Waals surface area (Å²) in [7, 11) is 1.56. The summed E-state index contributed by atoms with van der Waals surface area (Å²) in [6.07, 6.45) is 2.44. The fraction of sp³-hybridized carbons (Fsp3) is 0.119. The normalized spacial score (nSPS) is 11.6. The molecule has 0 radical (unpaired) electrons.